The van der Waals surface area contributed by atoms with E-state index in [1.165, 1.54) is 23.3 Å². The lowest BCUT2D eigenvalue weighted by molar-refractivity contribution is -0.0788. The summed E-state index contributed by atoms with van der Waals surface area (Å²) in [6.45, 7) is 6.82. The number of aryl methyl sites for hydroxylation is 1. The second-order valence-corrected chi connectivity index (χ2v) is 7.33. The Labute approximate surface area is 115 Å². The van der Waals surface area contributed by atoms with Crippen LogP contribution in [0.4, 0.5) is 0 Å². The van der Waals surface area contributed by atoms with Crippen LogP contribution in [0, 0.1) is 12.3 Å². The molecule has 2 nitrogen and oxygen atoms in total. The lowest BCUT2D eigenvalue weighted by Crippen LogP contribution is -2.47. The number of hydrogen-bond donors (Lipinski definition) is 1. The maximum atomic E-state index is 6.53. The molecule has 0 spiro atoms. The lowest BCUT2D eigenvalue weighted by atomic mass is 9.68. The van der Waals surface area contributed by atoms with E-state index in [1.54, 1.807) is 11.3 Å². The summed E-state index contributed by atoms with van der Waals surface area (Å²) >= 11 is 1.76. The Kier molecular flexibility index (Phi) is 3.86. The van der Waals surface area contributed by atoms with Gasteiger partial charge in [0.1, 0.15) is 0 Å². The summed E-state index contributed by atoms with van der Waals surface area (Å²) < 4.78 is 5.89. The Morgan fingerprint density at radius 2 is 1.89 bits per heavy atom. The van der Waals surface area contributed by atoms with Gasteiger partial charge in [0, 0.05) is 12.0 Å². The van der Waals surface area contributed by atoms with Crippen molar-refractivity contribution < 1.29 is 4.74 Å². The molecule has 1 saturated carbocycles. The average molecular weight is 267 g/mol. The quantitative estimate of drug-likeness (QED) is 0.897. The zero-order valence-corrected chi connectivity index (χ0v) is 12.8. The minimum Gasteiger partial charge on any atom is -0.376 e. The standard InChI is InChI=1S/C15H25NOS/c1-11-5-10-18-12(11)13(16)15(17-4)8-6-14(2,3)7-9-15/h5,10,13H,6-9,16H2,1-4H3. The molecule has 1 aliphatic rings. The first-order chi connectivity index (χ1) is 8.40. The molecule has 0 saturated heterocycles. The predicted octanol–water partition coefficient (Wildman–Crippen LogP) is 4.04. The molecule has 18 heavy (non-hydrogen) atoms. The van der Waals surface area contributed by atoms with Gasteiger partial charge in [-0.05, 0) is 55.0 Å². The maximum absolute atomic E-state index is 6.53. The summed E-state index contributed by atoms with van der Waals surface area (Å²) in [5.41, 5.74) is 8.11. The highest BCUT2D eigenvalue weighted by Crippen LogP contribution is 2.47. The monoisotopic (exact) mass is 267 g/mol. The van der Waals surface area contributed by atoms with Crippen LogP contribution in [0.25, 0.3) is 0 Å². The van der Waals surface area contributed by atoms with Crippen molar-refractivity contribution in [3.8, 4) is 0 Å². The number of thiophene rings is 1. The highest BCUT2D eigenvalue weighted by Gasteiger charge is 2.44. The summed E-state index contributed by atoms with van der Waals surface area (Å²) in [5, 5.41) is 2.13. The average Bonchev–Trinajstić information content (AvgIpc) is 2.75. The highest BCUT2D eigenvalue weighted by molar-refractivity contribution is 7.10. The molecule has 1 heterocycles. The normalized spacial score (nSPS) is 23.8. The second-order valence-electron chi connectivity index (χ2n) is 6.38. The SMILES string of the molecule is COC1(C(N)c2sccc2C)CCC(C)(C)CC1. The molecule has 1 aromatic heterocycles. The highest BCUT2D eigenvalue weighted by atomic mass is 32.1. The maximum Gasteiger partial charge on any atom is 0.0878 e. The predicted molar refractivity (Wildman–Crippen MR) is 78.0 cm³/mol. The smallest absolute Gasteiger partial charge is 0.0878 e. The number of hydrogen-bond acceptors (Lipinski definition) is 3. The molecule has 0 amide bonds. The third kappa shape index (κ3) is 2.49. The Balaban J connectivity index is 2.21. The fraction of sp³-hybridized carbons (Fsp3) is 0.733. The number of ether oxygens (including phenoxy) is 1. The number of nitrogens with two attached hydrogens (primary N) is 1. The Hall–Kier alpha value is -0.380. The molecule has 0 bridgehead atoms. The van der Waals surface area contributed by atoms with Crippen molar-refractivity contribution in [2.75, 3.05) is 7.11 Å². The molecular formula is C15H25NOS. The zero-order valence-electron chi connectivity index (χ0n) is 12.0. The molecule has 0 aromatic carbocycles. The Morgan fingerprint density at radius 1 is 1.28 bits per heavy atom. The van der Waals surface area contributed by atoms with E-state index in [0.29, 0.717) is 5.41 Å². The van der Waals surface area contributed by atoms with Gasteiger partial charge in [0.2, 0.25) is 0 Å². The molecule has 102 valence electrons. The largest absolute Gasteiger partial charge is 0.376 e. The third-order valence-corrected chi connectivity index (χ3v) is 5.71. The van der Waals surface area contributed by atoms with Crippen LogP contribution in [0.2, 0.25) is 0 Å². The summed E-state index contributed by atoms with van der Waals surface area (Å²) in [5.74, 6) is 0. The lowest BCUT2D eigenvalue weighted by Gasteiger charge is -2.45. The van der Waals surface area contributed by atoms with E-state index in [0.717, 1.165) is 12.8 Å². The van der Waals surface area contributed by atoms with Crippen LogP contribution >= 0.6 is 11.3 Å². The molecule has 0 aliphatic heterocycles. The van der Waals surface area contributed by atoms with E-state index in [-0.39, 0.29) is 11.6 Å². The van der Waals surface area contributed by atoms with E-state index >= 15 is 0 Å². The van der Waals surface area contributed by atoms with E-state index < -0.39 is 0 Å². The van der Waals surface area contributed by atoms with Crippen LogP contribution in [0.1, 0.15) is 56.0 Å². The first-order valence-electron chi connectivity index (χ1n) is 6.75. The van der Waals surface area contributed by atoms with Crippen molar-refractivity contribution in [2.45, 2.75) is 58.1 Å². The van der Waals surface area contributed by atoms with Crippen molar-refractivity contribution in [3.05, 3.63) is 21.9 Å². The van der Waals surface area contributed by atoms with Crippen molar-refractivity contribution >= 4 is 11.3 Å². The van der Waals surface area contributed by atoms with Gasteiger partial charge in [-0.3, -0.25) is 0 Å². The van der Waals surface area contributed by atoms with Crippen molar-refractivity contribution in [2.24, 2.45) is 11.1 Å². The van der Waals surface area contributed by atoms with Crippen LogP contribution in [0.15, 0.2) is 11.4 Å². The summed E-state index contributed by atoms with van der Waals surface area (Å²) in [6, 6.07) is 2.16. The topological polar surface area (TPSA) is 35.2 Å². The Bertz CT molecular complexity index is 400. The van der Waals surface area contributed by atoms with E-state index in [9.17, 15) is 0 Å². The van der Waals surface area contributed by atoms with E-state index in [4.69, 9.17) is 10.5 Å². The van der Waals surface area contributed by atoms with Crippen molar-refractivity contribution in [1.82, 2.24) is 0 Å². The van der Waals surface area contributed by atoms with Gasteiger partial charge in [0.15, 0.2) is 0 Å². The summed E-state index contributed by atoms with van der Waals surface area (Å²) in [7, 11) is 1.82. The molecule has 2 rings (SSSR count). The van der Waals surface area contributed by atoms with E-state index in [2.05, 4.69) is 32.2 Å². The van der Waals surface area contributed by atoms with Gasteiger partial charge in [-0.15, -0.1) is 11.3 Å². The number of rotatable bonds is 3. The molecule has 0 radical (unpaired) electrons. The summed E-state index contributed by atoms with van der Waals surface area (Å²) in [6.07, 6.45) is 4.52. The number of methoxy groups -OCH3 is 1. The van der Waals surface area contributed by atoms with Gasteiger partial charge < -0.3 is 10.5 Å². The van der Waals surface area contributed by atoms with Gasteiger partial charge in [0.25, 0.3) is 0 Å². The minimum atomic E-state index is -0.162. The molecule has 1 aromatic rings. The molecular weight excluding hydrogens is 242 g/mol. The Morgan fingerprint density at radius 3 is 2.33 bits per heavy atom. The molecule has 1 unspecified atom stereocenters. The fourth-order valence-corrected chi connectivity index (χ4v) is 3.97. The fourth-order valence-electron chi connectivity index (χ4n) is 2.93. The minimum absolute atomic E-state index is 0.0126. The van der Waals surface area contributed by atoms with Crippen molar-refractivity contribution in [3.63, 3.8) is 0 Å². The molecule has 1 fully saturated rings. The molecule has 3 heteroatoms. The van der Waals surface area contributed by atoms with Gasteiger partial charge in [-0.1, -0.05) is 13.8 Å². The van der Waals surface area contributed by atoms with Gasteiger partial charge in [-0.25, -0.2) is 0 Å². The van der Waals surface area contributed by atoms with Crippen LogP contribution < -0.4 is 5.73 Å². The van der Waals surface area contributed by atoms with Gasteiger partial charge in [-0.2, -0.15) is 0 Å². The second kappa shape index (κ2) is 4.95. The van der Waals surface area contributed by atoms with Gasteiger partial charge >= 0.3 is 0 Å². The zero-order chi connectivity index (χ0) is 13.4. The summed E-state index contributed by atoms with van der Waals surface area (Å²) in [4.78, 5) is 1.29. The van der Waals surface area contributed by atoms with E-state index in [1.807, 2.05) is 7.11 Å². The van der Waals surface area contributed by atoms with Crippen LogP contribution in [0.3, 0.4) is 0 Å². The first kappa shape index (κ1) is 14.0. The van der Waals surface area contributed by atoms with Crippen molar-refractivity contribution in [1.29, 1.82) is 0 Å². The molecule has 2 N–H and O–H groups in total. The van der Waals surface area contributed by atoms with Crippen LogP contribution in [-0.4, -0.2) is 12.7 Å². The molecule has 1 atom stereocenters. The third-order valence-electron chi connectivity index (χ3n) is 4.61. The first-order valence-corrected chi connectivity index (χ1v) is 7.63. The van der Waals surface area contributed by atoms with Crippen LogP contribution in [-0.2, 0) is 4.74 Å². The van der Waals surface area contributed by atoms with Crippen LogP contribution in [0.5, 0.6) is 0 Å². The van der Waals surface area contributed by atoms with Gasteiger partial charge in [0.05, 0.1) is 11.6 Å². The molecule has 1 aliphatic carbocycles.